The van der Waals surface area contributed by atoms with Crippen LogP contribution < -0.4 is 60.2 Å². The van der Waals surface area contributed by atoms with Crippen molar-refractivity contribution in [2.45, 2.75) is 158 Å². The summed E-state index contributed by atoms with van der Waals surface area (Å²) >= 11 is 0. The Morgan fingerprint density at radius 2 is 1.47 bits per heavy atom. The summed E-state index contributed by atoms with van der Waals surface area (Å²) in [5.41, 5.74) is 22.5. The van der Waals surface area contributed by atoms with Gasteiger partial charge in [0.05, 0.1) is 13.0 Å². The number of guanidine groups is 1. The molecular formula is C48H75N13O10S2. The zero-order chi connectivity index (χ0) is 53.8. The summed E-state index contributed by atoms with van der Waals surface area (Å²) in [4.78, 5) is 143. The quantitative estimate of drug-likeness (QED) is 0.0380. The molecule has 3 aliphatic rings. The Hall–Kier alpha value is -6.11. The molecule has 8 atom stereocenters. The van der Waals surface area contributed by atoms with Crippen LogP contribution >= 0.6 is 21.6 Å². The minimum atomic E-state index is -1.64. The van der Waals surface area contributed by atoms with Crippen LogP contribution in [-0.4, -0.2) is 142 Å². The van der Waals surface area contributed by atoms with Gasteiger partial charge < -0.3 is 65.1 Å². The third-order valence-electron chi connectivity index (χ3n) is 13.2. The molecule has 3 fully saturated rings. The van der Waals surface area contributed by atoms with Crippen LogP contribution in [0.15, 0.2) is 35.3 Å². The van der Waals surface area contributed by atoms with Gasteiger partial charge in [-0.15, -0.1) is 0 Å². The van der Waals surface area contributed by atoms with Gasteiger partial charge >= 0.3 is 0 Å². The average Bonchev–Trinajstić information content (AvgIpc) is 3.84. The van der Waals surface area contributed by atoms with Crippen LogP contribution in [0.3, 0.4) is 0 Å². The number of nitrogens with two attached hydrogens (primary N) is 4. The van der Waals surface area contributed by atoms with E-state index in [0.29, 0.717) is 31.2 Å². The lowest BCUT2D eigenvalue weighted by atomic mass is 9.85. The van der Waals surface area contributed by atoms with Gasteiger partial charge in [-0.3, -0.25) is 52.9 Å². The van der Waals surface area contributed by atoms with Crippen molar-refractivity contribution >= 4 is 86.6 Å². The highest BCUT2D eigenvalue weighted by atomic mass is 33.1. The van der Waals surface area contributed by atoms with Crippen LogP contribution in [0.2, 0.25) is 0 Å². The second-order valence-corrected chi connectivity index (χ2v) is 22.2. The van der Waals surface area contributed by atoms with Gasteiger partial charge in [0.1, 0.15) is 42.3 Å². The minimum absolute atomic E-state index is 0.0150. The summed E-state index contributed by atoms with van der Waals surface area (Å²) in [6, 6.07) is 0.0709. The summed E-state index contributed by atoms with van der Waals surface area (Å²) in [6.07, 6.45) is 4.51. The van der Waals surface area contributed by atoms with Crippen molar-refractivity contribution in [3.8, 4) is 0 Å². The Kier molecular flexibility index (Phi) is 23.6. The Morgan fingerprint density at radius 3 is 2.10 bits per heavy atom. The maximum Gasteiger partial charge on any atom is 0.246 e. The summed E-state index contributed by atoms with van der Waals surface area (Å²) in [5.74, 6) is -8.57. The fourth-order valence-corrected chi connectivity index (χ4v) is 12.4. The molecule has 2 saturated heterocycles. The third-order valence-corrected chi connectivity index (χ3v) is 16.5. The van der Waals surface area contributed by atoms with Crippen LogP contribution in [0.5, 0.6) is 0 Å². The maximum atomic E-state index is 14.8. The van der Waals surface area contributed by atoms with Gasteiger partial charge in [0, 0.05) is 36.4 Å². The van der Waals surface area contributed by atoms with E-state index in [-0.39, 0.29) is 68.7 Å². The predicted molar refractivity (Wildman–Crippen MR) is 277 cm³/mol. The van der Waals surface area contributed by atoms with Gasteiger partial charge in [0.2, 0.25) is 59.1 Å². The van der Waals surface area contributed by atoms with Gasteiger partial charge in [0.25, 0.3) is 0 Å². The molecule has 1 aromatic rings. The molecule has 1 aromatic carbocycles. The summed E-state index contributed by atoms with van der Waals surface area (Å²) in [5, 5.41) is 18.9. The number of rotatable bonds is 17. The number of hydrogen-bond acceptors (Lipinski definition) is 13. The number of carbonyl (C=O) groups is 10. The molecule has 2 aliphatic heterocycles. The van der Waals surface area contributed by atoms with Gasteiger partial charge in [-0.1, -0.05) is 105 Å². The summed E-state index contributed by atoms with van der Waals surface area (Å²) in [7, 11) is 2.62. The largest absolute Gasteiger partial charge is 0.370 e. The number of carbonyl (C=O) groups excluding carboxylic acids is 10. The zero-order valence-electron chi connectivity index (χ0n) is 42.2. The molecule has 0 unspecified atom stereocenters. The Bertz CT molecular complexity index is 2160. The first-order valence-corrected chi connectivity index (χ1v) is 27.3. The number of benzene rings is 1. The highest BCUT2D eigenvalue weighted by Gasteiger charge is 2.43. The van der Waals surface area contributed by atoms with Gasteiger partial charge in [-0.25, -0.2) is 0 Å². The lowest BCUT2D eigenvalue weighted by Gasteiger charge is -2.37. The Morgan fingerprint density at radius 1 is 0.808 bits per heavy atom. The molecule has 73 heavy (non-hydrogen) atoms. The Balaban J connectivity index is 1.73. The smallest absolute Gasteiger partial charge is 0.246 e. The monoisotopic (exact) mass is 1060 g/mol. The van der Waals surface area contributed by atoms with Gasteiger partial charge in [-0.05, 0) is 55.9 Å². The second-order valence-electron chi connectivity index (χ2n) is 19.4. The number of nitrogens with zero attached hydrogens (tertiary/aromatic N) is 2. The van der Waals surface area contributed by atoms with Gasteiger partial charge in [-0.2, -0.15) is 0 Å². The highest BCUT2D eigenvalue weighted by molar-refractivity contribution is 8.77. The van der Waals surface area contributed by atoms with E-state index in [4.69, 9.17) is 22.9 Å². The van der Waals surface area contributed by atoms with E-state index in [0.717, 1.165) is 19.3 Å². The lowest BCUT2D eigenvalue weighted by Crippen LogP contribution is -2.62. The molecule has 1 spiro atoms. The van der Waals surface area contributed by atoms with Crippen LogP contribution in [0.25, 0.3) is 0 Å². The van der Waals surface area contributed by atoms with Crippen molar-refractivity contribution in [3.63, 3.8) is 0 Å². The molecule has 0 radical (unpaired) electrons. The summed E-state index contributed by atoms with van der Waals surface area (Å²) < 4.78 is -0.659. The van der Waals surface area contributed by atoms with E-state index in [1.165, 1.54) is 26.5 Å². The predicted octanol–water partition coefficient (Wildman–Crippen LogP) is -1.15. The molecule has 2 heterocycles. The molecule has 1 aliphatic carbocycles. The molecule has 23 nitrogen and oxygen atoms in total. The van der Waals surface area contributed by atoms with Crippen LogP contribution in [-0.2, 0) is 54.4 Å². The van der Waals surface area contributed by atoms with E-state index < -0.39 is 119 Å². The van der Waals surface area contributed by atoms with Crippen molar-refractivity contribution in [1.82, 2.24) is 42.1 Å². The van der Waals surface area contributed by atoms with E-state index in [1.807, 2.05) is 13.8 Å². The van der Waals surface area contributed by atoms with E-state index in [9.17, 15) is 47.9 Å². The first kappa shape index (κ1) is 59.5. The van der Waals surface area contributed by atoms with Crippen molar-refractivity contribution < 1.29 is 47.9 Å². The highest BCUT2D eigenvalue weighted by Crippen LogP contribution is 2.48. The minimum Gasteiger partial charge on any atom is -0.370 e. The maximum absolute atomic E-state index is 14.8. The number of likely N-dealkylation sites (tertiary alicyclic amines) is 1. The number of aliphatic imine (C=N–C) groups is 1. The summed E-state index contributed by atoms with van der Waals surface area (Å²) in [6.45, 7) is 6.74. The fraction of sp³-hybridized carbons (Fsp3) is 0.646. The number of hydrogen-bond donors (Lipinski definition) is 11. The van der Waals surface area contributed by atoms with Crippen molar-refractivity contribution in [2.75, 3.05) is 25.4 Å². The fourth-order valence-electron chi connectivity index (χ4n) is 9.00. The number of primary amides is 2. The molecule has 15 N–H and O–H groups in total. The lowest BCUT2D eigenvalue weighted by molar-refractivity contribution is -0.142. The molecule has 404 valence electrons. The number of nitrogens with one attached hydrogen (secondary N) is 7. The van der Waals surface area contributed by atoms with Crippen molar-refractivity contribution in [1.29, 1.82) is 0 Å². The molecule has 1 saturated carbocycles. The van der Waals surface area contributed by atoms with Gasteiger partial charge in [0.15, 0.2) is 5.96 Å². The molecule has 10 amide bonds. The number of amides is 10. The van der Waals surface area contributed by atoms with Crippen LogP contribution in [0.1, 0.15) is 110 Å². The van der Waals surface area contributed by atoms with Crippen molar-refractivity contribution in [2.24, 2.45) is 39.8 Å². The van der Waals surface area contributed by atoms with E-state index in [1.54, 1.807) is 44.2 Å². The van der Waals surface area contributed by atoms with Crippen molar-refractivity contribution in [3.05, 3.63) is 35.9 Å². The van der Waals surface area contributed by atoms with Crippen LogP contribution in [0.4, 0.5) is 0 Å². The third kappa shape index (κ3) is 18.7. The Labute approximate surface area is 434 Å². The second kappa shape index (κ2) is 29.0. The van der Waals surface area contributed by atoms with E-state index >= 15 is 0 Å². The molecule has 0 bridgehead atoms. The zero-order valence-corrected chi connectivity index (χ0v) is 43.8. The van der Waals surface area contributed by atoms with Crippen LogP contribution in [0, 0.1) is 11.8 Å². The molecule has 4 rings (SSSR count). The van der Waals surface area contributed by atoms with E-state index in [2.05, 4.69) is 42.2 Å². The topological polar surface area (TPSA) is 375 Å². The normalized spacial score (nSPS) is 24.3. The molecule has 0 aromatic heterocycles. The molecule has 25 heteroatoms. The first-order chi connectivity index (χ1) is 34.6. The first-order valence-electron chi connectivity index (χ1n) is 25.0. The SMILES string of the molecule is CC[C@@H](C)[C@H]1NC(=O)CC2(CCCCC2)SSC[C@@H](C(=O)N2CCC[C@H]2C(=O)N[C@@H](CCCN=C(N)N)C(=O)NCC(N)=O)NC(=O)[C@H](CC(N)=O)NC(=O)[C@H](C(C)C)NC(=O)[C@H](Cc2ccccc2)NC1=O. The average molecular weight is 1060 g/mol. The standard InChI is InChI=1S/C48H75N13O10S2/c1-5-28(4)39-45(70)56-31(22-29-14-8-6-9-15-29)42(67)60-38(27(2)3)44(69)57-32(23-35(49)62)41(66)58-33(26-72-73-48(24-37(64)59-39)18-10-7-11-19-48)46(71)61-21-13-17-34(61)43(68)55-30(16-12-20-53-47(51)52)40(65)54-25-36(50)63/h6,8-9,14-15,27-28,30-34,38-39H,5,7,10-13,16-26H2,1-4H3,(H2,49,62)(H2,50,63)(H,54,65)(H,55,68)(H,56,70)(H,57,69)(H,58,66)(H,59,64)(H,60,67)(H4,51,52,53)/t28-,30+,31+,32+,33+,34+,38+,39-/m1/s1. The molecular weight excluding hydrogens is 983 g/mol.